The zero-order valence-corrected chi connectivity index (χ0v) is 9.36. The number of halogens is 2. The maximum absolute atomic E-state index is 13.5. The quantitative estimate of drug-likeness (QED) is 0.874. The van der Waals surface area contributed by atoms with E-state index in [-0.39, 0.29) is 0 Å². The van der Waals surface area contributed by atoms with Gasteiger partial charge in [0.2, 0.25) is 0 Å². The van der Waals surface area contributed by atoms with Crippen LogP contribution in [0.25, 0.3) is 10.4 Å². The summed E-state index contributed by atoms with van der Waals surface area (Å²) in [5.41, 5.74) is 6.97. The number of rotatable bonds is 3. The van der Waals surface area contributed by atoms with Crippen LogP contribution in [0.15, 0.2) is 29.6 Å². The van der Waals surface area contributed by atoms with E-state index in [0.29, 0.717) is 12.1 Å². The molecular weight excluding hydrogens is 228 g/mol. The van der Waals surface area contributed by atoms with Gasteiger partial charge in [0.15, 0.2) is 0 Å². The lowest BCUT2D eigenvalue weighted by atomic mass is 10.1. The van der Waals surface area contributed by atoms with Crippen molar-refractivity contribution in [2.75, 3.05) is 6.54 Å². The molecule has 1 heterocycles. The monoisotopic (exact) mass is 239 g/mol. The Bertz CT molecular complexity index is 494. The lowest BCUT2D eigenvalue weighted by molar-refractivity contribution is 0.586. The van der Waals surface area contributed by atoms with E-state index in [4.69, 9.17) is 5.73 Å². The highest BCUT2D eigenvalue weighted by Crippen LogP contribution is 2.29. The Balaban J connectivity index is 2.35. The Morgan fingerprint density at radius 3 is 2.69 bits per heavy atom. The molecule has 16 heavy (non-hydrogen) atoms. The number of thiophene rings is 1. The maximum atomic E-state index is 13.5. The van der Waals surface area contributed by atoms with Gasteiger partial charge in [0.1, 0.15) is 11.6 Å². The molecule has 0 unspecified atom stereocenters. The lowest BCUT2D eigenvalue weighted by Gasteiger charge is -1.99. The Morgan fingerprint density at radius 1 is 1.19 bits per heavy atom. The Labute approximate surface area is 96.5 Å². The van der Waals surface area contributed by atoms with Crippen LogP contribution in [0.2, 0.25) is 0 Å². The summed E-state index contributed by atoms with van der Waals surface area (Å²) in [5, 5.41) is 1.95. The third-order valence-corrected chi connectivity index (χ3v) is 3.30. The van der Waals surface area contributed by atoms with Crippen LogP contribution in [0.1, 0.15) is 5.56 Å². The van der Waals surface area contributed by atoms with Gasteiger partial charge < -0.3 is 5.73 Å². The van der Waals surface area contributed by atoms with Crippen LogP contribution in [0.3, 0.4) is 0 Å². The van der Waals surface area contributed by atoms with Crippen LogP contribution in [0.5, 0.6) is 0 Å². The summed E-state index contributed by atoms with van der Waals surface area (Å²) < 4.78 is 26.2. The fraction of sp³-hybridized carbons (Fsp3) is 0.167. The van der Waals surface area contributed by atoms with Crippen molar-refractivity contribution in [3.63, 3.8) is 0 Å². The first-order valence-corrected chi connectivity index (χ1v) is 5.81. The maximum Gasteiger partial charge on any atom is 0.134 e. The van der Waals surface area contributed by atoms with Gasteiger partial charge in [-0.3, -0.25) is 0 Å². The Morgan fingerprint density at radius 2 is 2.00 bits per heavy atom. The molecule has 1 nitrogen and oxygen atoms in total. The van der Waals surface area contributed by atoms with Crippen LogP contribution < -0.4 is 5.73 Å². The third-order valence-electron chi connectivity index (χ3n) is 2.28. The van der Waals surface area contributed by atoms with Crippen molar-refractivity contribution in [1.29, 1.82) is 0 Å². The van der Waals surface area contributed by atoms with Gasteiger partial charge in [-0.1, -0.05) is 0 Å². The fourth-order valence-corrected chi connectivity index (χ4v) is 2.48. The second-order valence-corrected chi connectivity index (χ2v) is 4.39. The molecule has 0 fully saturated rings. The second-order valence-electron chi connectivity index (χ2n) is 3.48. The molecule has 84 valence electrons. The number of benzene rings is 1. The van der Waals surface area contributed by atoms with Crippen molar-refractivity contribution >= 4 is 11.3 Å². The predicted octanol–water partition coefficient (Wildman–Crippen LogP) is 3.19. The van der Waals surface area contributed by atoms with Crippen molar-refractivity contribution in [3.8, 4) is 10.4 Å². The number of nitrogens with two attached hydrogens (primary N) is 1. The second kappa shape index (κ2) is 4.72. The predicted molar refractivity (Wildman–Crippen MR) is 62.4 cm³/mol. The van der Waals surface area contributed by atoms with Gasteiger partial charge in [-0.15, -0.1) is 11.3 Å². The van der Waals surface area contributed by atoms with Crippen molar-refractivity contribution in [2.45, 2.75) is 6.42 Å². The fourth-order valence-electron chi connectivity index (χ4n) is 1.50. The lowest BCUT2D eigenvalue weighted by Crippen LogP contribution is -2.01. The highest BCUT2D eigenvalue weighted by Gasteiger charge is 2.08. The van der Waals surface area contributed by atoms with E-state index in [2.05, 4.69) is 0 Å². The first-order chi connectivity index (χ1) is 7.70. The highest BCUT2D eigenvalue weighted by atomic mass is 32.1. The molecule has 0 spiro atoms. The van der Waals surface area contributed by atoms with Gasteiger partial charge in [-0.25, -0.2) is 8.78 Å². The molecule has 4 heteroatoms. The average Bonchev–Trinajstić information content (AvgIpc) is 2.67. The first kappa shape index (κ1) is 11.2. The van der Waals surface area contributed by atoms with E-state index >= 15 is 0 Å². The molecule has 0 aliphatic heterocycles. The molecule has 0 saturated heterocycles. The van der Waals surface area contributed by atoms with E-state index in [1.165, 1.54) is 23.5 Å². The molecule has 0 atom stereocenters. The molecule has 0 aliphatic rings. The molecule has 1 aromatic heterocycles. The zero-order chi connectivity index (χ0) is 11.5. The summed E-state index contributed by atoms with van der Waals surface area (Å²) in [5.74, 6) is -1.08. The van der Waals surface area contributed by atoms with E-state index in [0.717, 1.165) is 22.9 Å². The average molecular weight is 239 g/mol. The van der Waals surface area contributed by atoms with Gasteiger partial charge in [0.05, 0.1) is 0 Å². The Hall–Kier alpha value is -1.26. The SMILES string of the molecule is NCCc1csc(-c2ccc(F)cc2F)c1. The molecular formula is C12H11F2NS. The molecule has 2 aromatic rings. The topological polar surface area (TPSA) is 26.0 Å². The minimum absolute atomic E-state index is 0.440. The van der Waals surface area contributed by atoms with Crippen LogP contribution in [0.4, 0.5) is 8.78 Å². The van der Waals surface area contributed by atoms with Crippen molar-refractivity contribution in [3.05, 3.63) is 46.8 Å². The zero-order valence-electron chi connectivity index (χ0n) is 8.54. The van der Waals surface area contributed by atoms with Crippen molar-refractivity contribution in [1.82, 2.24) is 0 Å². The molecule has 0 radical (unpaired) electrons. The minimum Gasteiger partial charge on any atom is -0.330 e. The van der Waals surface area contributed by atoms with Gasteiger partial charge in [0, 0.05) is 16.5 Å². The summed E-state index contributed by atoms with van der Waals surface area (Å²) >= 11 is 1.44. The largest absolute Gasteiger partial charge is 0.330 e. The summed E-state index contributed by atoms with van der Waals surface area (Å²) in [6.45, 7) is 0.572. The van der Waals surface area contributed by atoms with E-state index in [1.807, 2.05) is 11.4 Å². The van der Waals surface area contributed by atoms with Gasteiger partial charge in [0.25, 0.3) is 0 Å². The van der Waals surface area contributed by atoms with E-state index in [9.17, 15) is 8.78 Å². The summed E-state index contributed by atoms with van der Waals surface area (Å²) in [4.78, 5) is 0.806. The summed E-state index contributed by atoms with van der Waals surface area (Å²) in [6, 6.07) is 5.52. The Kier molecular flexibility index (Phi) is 3.31. The van der Waals surface area contributed by atoms with Gasteiger partial charge in [-0.05, 0) is 42.1 Å². The number of hydrogen-bond donors (Lipinski definition) is 1. The van der Waals surface area contributed by atoms with Crippen molar-refractivity contribution in [2.24, 2.45) is 5.73 Å². The minimum atomic E-state index is -0.556. The molecule has 0 saturated carbocycles. The molecule has 1 aromatic carbocycles. The molecule has 0 amide bonds. The van der Waals surface area contributed by atoms with Crippen LogP contribution in [-0.4, -0.2) is 6.54 Å². The number of hydrogen-bond acceptors (Lipinski definition) is 2. The molecule has 0 aliphatic carbocycles. The van der Waals surface area contributed by atoms with Crippen molar-refractivity contribution < 1.29 is 8.78 Å². The first-order valence-electron chi connectivity index (χ1n) is 4.93. The van der Waals surface area contributed by atoms with Gasteiger partial charge >= 0.3 is 0 Å². The standard InChI is InChI=1S/C12H11F2NS/c13-9-1-2-10(11(14)6-9)12-5-8(3-4-15)7-16-12/h1-2,5-7H,3-4,15H2. The van der Waals surface area contributed by atoms with Gasteiger partial charge in [-0.2, -0.15) is 0 Å². The van der Waals surface area contributed by atoms with Crippen LogP contribution >= 0.6 is 11.3 Å². The smallest absolute Gasteiger partial charge is 0.134 e. The highest BCUT2D eigenvalue weighted by molar-refractivity contribution is 7.13. The van der Waals surface area contributed by atoms with Crippen LogP contribution in [-0.2, 0) is 6.42 Å². The molecule has 2 N–H and O–H groups in total. The third kappa shape index (κ3) is 2.28. The van der Waals surface area contributed by atoms with Crippen LogP contribution in [0, 0.1) is 11.6 Å². The molecule has 0 bridgehead atoms. The summed E-state index contributed by atoms with van der Waals surface area (Å²) in [7, 11) is 0. The van der Waals surface area contributed by atoms with E-state index < -0.39 is 11.6 Å². The molecule has 2 rings (SSSR count). The normalized spacial score (nSPS) is 10.7. The summed E-state index contributed by atoms with van der Waals surface area (Å²) in [6.07, 6.45) is 0.777. The van der Waals surface area contributed by atoms with E-state index in [1.54, 1.807) is 0 Å².